The number of hydrogen-bond acceptors (Lipinski definition) is 4. The lowest BCUT2D eigenvalue weighted by Crippen LogP contribution is -2.14. The lowest BCUT2D eigenvalue weighted by Gasteiger charge is -2.12. The van der Waals surface area contributed by atoms with Crippen molar-refractivity contribution in [1.82, 2.24) is 0 Å². The minimum atomic E-state index is -0.486. The first-order valence-electron chi connectivity index (χ1n) is 5.73. The van der Waals surface area contributed by atoms with Gasteiger partial charge in [0.15, 0.2) is 6.10 Å². The summed E-state index contributed by atoms with van der Waals surface area (Å²) in [7, 11) is 1.54. The van der Waals surface area contributed by atoms with Gasteiger partial charge in [0.05, 0.1) is 12.2 Å². The number of benzene rings is 1. The van der Waals surface area contributed by atoms with Crippen LogP contribution in [0.15, 0.2) is 12.1 Å². The van der Waals surface area contributed by atoms with E-state index in [1.54, 1.807) is 14.0 Å². The van der Waals surface area contributed by atoms with Crippen LogP contribution in [0, 0.1) is 26.9 Å². The predicted octanol–water partition coefficient (Wildman–Crippen LogP) is 2.90. The summed E-state index contributed by atoms with van der Waals surface area (Å²) in [6.07, 6.45) is 0.494. The Kier molecular flexibility index (Phi) is 5.31. The van der Waals surface area contributed by atoms with Crippen LogP contribution < -0.4 is 0 Å². The van der Waals surface area contributed by atoms with E-state index in [9.17, 15) is 4.79 Å². The largest absolute Gasteiger partial charge is 0.381 e. The molecular weight excluding hydrogens is 232 g/mol. The smallest absolute Gasteiger partial charge is 0.373 e. The zero-order chi connectivity index (χ0) is 13.7. The number of hydrogen-bond donors (Lipinski definition) is 0. The van der Waals surface area contributed by atoms with Gasteiger partial charge in [0, 0.05) is 7.11 Å². The first-order chi connectivity index (χ1) is 8.45. The van der Waals surface area contributed by atoms with Crippen LogP contribution in [-0.4, -0.2) is 19.7 Å². The molecule has 0 N–H and O–H groups in total. The maximum absolute atomic E-state index is 11.9. The van der Waals surface area contributed by atoms with Crippen molar-refractivity contribution in [3.63, 3.8) is 0 Å². The Morgan fingerprint density at radius 1 is 1.11 bits per heavy atom. The average molecular weight is 251 g/mol. The third kappa shape index (κ3) is 3.82. The Balaban J connectivity index is 2.73. The molecule has 0 saturated heterocycles. The first kappa shape index (κ1) is 14.7. The van der Waals surface area contributed by atoms with Gasteiger partial charge in [-0.3, -0.25) is 4.89 Å². The van der Waals surface area contributed by atoms with Gasteiger partial charge in [0.1, 0.15) is 0 Å². The van der Waals surface area contributed by atoms with Crippen LogP contribution in [0.2, 0.25) is 0 Å². The van der Waals surface area contributed by atoms with E-state index in [0.717, 1.165) is 16.7 Å². The molecule has 0 spiro atoms. The molecule has 0 aliphatic carbocycles. The van der Waals surface area contributed by atoms with Crippen molar-refractivity contribution in [2.45, 2.75) is 27.7 Å². The van der Waals surface area contributed by atoms with Gasteiger partial charge in [0.2, 0.25) is 0 Å². The highest BCUT2D eigenvalue weighted by molar-refractivity contribution is 5.92. The molecule has 4 nitrogen and oxygen atoms in total. The van der Waals surface area contributed by atoms with E-state index in [1.165, 1.54) is 0 Å². The minimum Gasteiger partial charge on any atom is -0.381 e. The summed E-state index contributed by atoms with van der Waals surface area (Å²) in [6.45, 7) is 7.72. The molecule has 0 aliphatic heterocycles. The molecule has 1 radical (unpaired) electrons. The van der Waals surface area contributed by atoms with Crippen LogP contribution >= 0.6 is 0 Å². The van der Waals surface area contributed by atoms with E-state index in [4.69, 9.17) is 14.5 Å². The quantitative estimate of drug-likeness (QED) is 0.596. The van der Waals surface area contributed by atoms with Crippen LogP contribution in [0.3, 0.4) is 0 Å². The topological polar surface area (TPSA) is 44.8 Å². The highest BCUT2D eigenvalue weighted by atomic mass is 17.2. The van der Waals surface area contributed by atoms with Crippen LogP contribution in [0.4, 0.5) is 0 Å². The summed E-state index contributed by atoms with van der Waals surface area (Å²) in [5.74, 6) is -0.486. The zero-order valence-corrected chi connectivity index (χ0v) is 11.5. The molecule has 0 fully saturated rings. The molecule has 18 heavy (non-hydrogen) atoms. The number of carbonyl (C=O) groups is 1. The van der Waals surface area contributed by atoms with E-state index < -0.39 is 5.97 Å². The van der Waals surface area contributed by atoms with Gasteiger partial charge in [-0.1, -0.05) is 17.7 Å². The highest BCUT2D eigenvalue weighted by Gasteiger charge is 2.17. The fourth-order valence-corrected chi connectivity index (χ4v) is 1.88. The molecule has 4 heteroatoms. The molecular formula is C14H19O4. The van der Waals surface area contributed by atoms with Gasteiger partial charge in [-0.2, -0.15) is 4.89 Å². The Hall–Kier alpha value is -1.39. The van der Waals surface area contributed by atoms with Crippen LogP contribution in [-0.2, 0) is 14.5 Å². The summed E-state index contributed by atoms with van der Waals surface area (Å²) < 4.78 is 4.85. The summed E-state index contributed by atoms with van der Waals surface area (Å²) in [6, 6.07) is 3.88. The minimum absolute atomic E-state index is 0.291. The number of rotatable bonds is 5. The number of ether oxygens (including phenoxy) is 1. The van der Waals surface area contributed by atoms with Gasteiger partial charge in [-0.15, -0.1) is 0 Å². The van der Waals surface area contributed by atoms with Crippen molar-refractivity contribution in [3.8, 4) is 0 Å². The van der Waals surface area contributed by atoms with Crippen LogP contribution in [0.1, 0.15) is 34.0 Å². The SMILES string of the molecule is COC[C](C)OOC(=O)c1c(C)cc(C)cc1C. The van der Waals surface area contributed by atoms with Crippen molar-refractivity contribution in [1.29, 1.82) is 0 Å². The Morgan fingerprint density at radius 3 is 2.17 bits per heavy atom. The molecule has 99 valence electrons. The summed E-state index contributed by atoms with van der Waals surface area (Å²) in [5.41, 5.74) is 3.42. The molecule has 0 heterocycles. The van der Waals surface area contributed by atoms with Gasteiger partial charge < -0.3 is 4.74 Å². The van der Waals surface area contributed by atoms with Gasteiger partial charge in [-0.05, 0) is 38.8 Å². The first-order valence-corrected chi connectivity index (χ1v) is 5.73. The van der Waals surface area contributed by atoms with E-state index >= 15 is 0 Å². The second-order valence-corrected chi connectivity index (χ2v) is 4.36. The number of aryl methyl sites for hydroxylation is 3. The average Bonchev–Trinajstić information content (AvgIpc) is 2.25. The van der Waals surface area contributed by atoms with Crippen molar-refractivity contribution in [3.05, 3.63) is 40.5 Å². The molecule has 1 rings (SSSR count). The van der Waals surface area contributed by atoms with Gasteiger partial charge in [-0.25, -0.2) is 4.79 Å². The molecule has 0 saturated carbocycles. The Morgan fingerprint density at radius 2 is 1.67 bits per heavy atom. The molecule has 1 aromatic carbocycles. The molecule has 1 aromatic rings. The summed E-state index contributed by atoms with van der Waals surface area (Å²) in [5, 5.41) is 0. The van der Waals surface area contributed by atoms with Gasteiger partial charge >= 0.3 is 5.97 Å². The monoisotopic (exact) mass is 251 g/mol. The highest BCUT2D eigenvalue weighted by Crippen LogP contribution is 2.18. The third-order valence-corrected chi connectivity index (χ3v) is 2.49. The molecule has 0 atom stereocenters. The lowest BCUT2D eigenvalue weighted by atomic mass is 10.0. The maximum Gasteiger partial charge on any atom is 0.373 e. The second kappa shape index (κ2) is 6.52. The van der Waals surface area contributed by atoms with E-state index in [-0.39, 0.29) is 0 Å². The fourth-order valence-electron chi connectivity index (χ4n) is 1.88. The third-order valence-electron chi connectivity index (χ3n) is 2.49. The Labute approximate surface area is 108 Å². The maximum atomic E-state index is 11.9. The van der Waals surface area contributed by atoms with Crippen molar-refractivity contribution >= 4 is 5.97 Å². The normalized spacial score (nSPS) is 10.8. The number of methoxy groups -OCH3 is 1. The fraction of sp³-hybridized carbons (Fsp3) is 0.429. The van der Waals surface area contributed by atoms with Crippen molar-refractivity contribution < 1.29 is 19.3 Å². The van der Waals surface area contributed by atoms with Gasteiger partial charge in [0.25, 0.3) is 0 Å². The lowest BCUT2D eigenvalue weighted by molar-refractivity contribution is -0.237. The molecule has 0 aromatic heterocycles. The van der Waals surface area contributed by atoms with Crippen LogP contribution in [0.25, 0.3) is 0 Å². The standard InChI is InChI=1S/C14H19O4/c1-9-6-10(2)13(11(3)7-9)14(15)18-17-12(4)8-16-5/h6-7H,8H2,1-5H3. The van der Waals surface area contributed by atoms with Crippen molar-refractivity contribution in [2.75, 3.05) is 13.7 Å². The molecule has 0 amide bonds. The molecule has 0 unspecified atom stereocenters. The van der Waals surface area contributed by atoms with E-state index in [2.05, 4.69) is 0 Å². The molecule has 0 bridgehead atoms. The van der Waals surface area contributed by atoms with E-state index in [1.807, 2.05) is 32.9 Å². The molecule has 0 aliphatic rings. The summed E-state index contributed by atoms with van der Waals surface area (Å²) >= 11 is 0. The second-order valence-electron chi connectivity index (χ2n) is 4.36. The summed E-state index contributed by atoms with van der Waals surface area (Å²) in [4.78, 5) is 21.6. The predicted molar refractivity (Wildman–Crippen MR) is 67.9 cm³/mol. The van der Waals surface area contributed by atoms with E-state index in [0.29, 0.717) is 18.3 Å². The Bertz CT molecular complexity index is 403. The number of carbonyl (C=O) groups excluding carboxylic acids is 1. The van der Waals surface area contributed by atoms with Crippen LogP contribution in [0.5, 0.6) is 0 Å². The zero-order valence-electron chi connectivity index (χ0n) is 11.5. The van der Waals surface area contributed by atoms with Crippen molar-refractivity contribution in [2.24, 2.45) is 0 Å².